The lowest BCUT2D eigenvalue weighted by Gasteiger charge is -2.20. The molecule has 0 spiro atoms. The molecular formula is C10H19FN2O. The van der Waals surface area contributed by atoms with Gasteiger partial charge in [0.25, 0.3) is 0 Å². The Morgan fingerprint density at radius 1 is 1.43 bits per heavy atom. The molecule has 1 heterocycles. The summed E-state index contributed by atoms with van der Waals surface area (Å²) in [6.45, 7) is 4.99. The lowest BCUT2D eigenvalue weighted by Crippen LogP contribution is -2.35. The number of carbonyl (C=O) groups is 1. The Balaban J connectivity index is 2.61. The normalized spacial score (nSPS) is 28.4. The highest BCUT2D eigenvalue weighted by atomic mass is 19.1. The van der Waals surface area contributed by atoms with E-state index in [1.54, 1.807) is 14.1 Å². The minimum absolute atomic E-state index is 0.0966. The van der Waals surface area contributed by atoms with Gasteiger partial charge in [0, 0.05) is 33.2 Å². The van der Waals surface area contributed by atoms with Gasteiger partial charge in [-0.15, -0.1) is 0 Å². The van der Waals surface area contributed by atoms with E-state index < -0.39 is 12.1 Å². The monoisotopic (exact) mass is 202 g/mol. The Labute approximate surface area is 84.9 Å². The molecule has 0 N–H and O–H groups in total. The van der Waals surface area contributed by atoms with Gasteiger partial charge in [0.15, 0.2) is 0 Å². The van der Waals surface area contributed by atoms with Crippen LogP contribution < -0.4 is 0 Å². The van der Waals surface area contributed by atoms with Gasteiger partial charge >= 0.3 is 0 Å². The van der Waals surface area contributed by atoms with Gasteiger partial charge in [-0.25, -0.2) is 4.39 Å². The molecule has 2 unspecified atom stereocenters. The molecule has 1 fully saturated rings. The van der Waals surface area contributed by atoms with Crippen LogP contribution in [0.4, 0.5) is 4.39 Å². The lowest BCUT2D eigenvalue weighted by atomic mass is 10.1. The fourth-order valence-corrected chi connectivity index (χ4v) is 1.78. The zero-order valence-corrected chi connectivity index (χ0v) is 9.33. The number of likely N-dealkylation sites (tertiary alicyclic amines) is 1. The number of rotatable bonds is 2. The summed E-state index contributed by atoms with van der Waals surface area (Å²) in [4.78, 5) is 15.1. The first-order chi connectivity index (χ1) is 6.43. The van der Waals surface area contributed by atoms with E-state index in [0.717, 1.165) is 0 Å². The van der Waals surface area contributed by atoms with Crippen LogP contribution in [0.2, 0.25) is 0 Å². The zero-order valence-electron chi connectivity index (χ0n) is 9.33. The van der Waals surface area contributed by atoms with Crippen molar-refractivity contribution in [2.75, 3.05) is 27.2 Å². The number of nitrogens with zero attached hydrogens (tertiary/aromatic N) is 2. The van der Waals surface area contributed by atoms with Crippen LogP contribution in [0.1, 0.15) is 13.8 Å². The van der Waals surface area contributed by atoms with Gasteiger partial charge in [0.2, 0.25) is 5.91 Å². The van der Waals surface area contributed by atoms with Crippen LogP contribution in [-0.4, -0.2) is 55.1 Å². The molecule has 0 radical (unpaired) electrons. The smallest absolute Gasteiger partial charge is 0.229 e. The molecule has 0 aromatic heterocycles. The maximum Gasteiger partial charge on any atom is 0.229 e. The molecule has 0 aromatic rings. The number of hydrogen-bond donors (Lipinski definition) is 0. The number of carbonyl (C=O) groups excluding carboxylic acids is 1. The highest BCUT2D eigenvalue weighted by Crippen LogP contribution is 2.23. The molecule has 0 aliphatic carbocycles. The number of hydrogen-bond acceptors (Lipinski definition) is 2. The summed E-state index contributed by atoms with van der Waals surface area (Å²) >= 11 is 0. The van der Waals surface area contributed by atoms with Gasteiger partial charge < -0.3 is 4.90 Å². The van der Waals surface area contributed by atoms with Crippen molar-refractivity contribution in [1.82, 2.24) is 9.80 Å². The van der Waals surface area contributed by atoms with Gasteiger partial charge in [-0.3, -0.25) is 9.69 Å². The highest BCUT2D eigenvalue weighted by Gasteiger charge is 2.39. The van der Waals surface area contributed by atoms with Gasteiger partial charge in [0.1, 0.15) is 6.17 Å². The average molecular weight is 202 g/mol. The second-order valence-electron chi connectivity index (χ2n) is 4.40. The van der Waals surface area contributed by atoms with E-state index in [1.165, 1.54) is 4.90 Å². The summed E-state index contributed by atoms with van der Waals surface area (Å²) in [7, 11) is 3.35. The third-order valence-electron chi connectivity index (χ3n) is 2.76. The van der Waals surface area contributed by atoms with Crippen LogP contribution in [0.5, 0.6) is 0 Å². The quantitative estimate of drug-likeness (QED) is 0.660. The average Bonchev–Trinajstić information content (AvgIpc) is 2.46. The summed E-state index contributed by atoms with van der Waals surface area (Å²) in [5.74, 6) is -0.562. The fraction of sp³-hybridized carbons (Fsp3) is 0.900. The molecule has 1 aliphatic heterocycles. The summed E-state index contributed by atoms with van der Waals surface area (Å²) in [6, 6.07) is 0.313. The Morgan fingerprint density at radius 3 is 2.36 bits per heavy atom. The molecule has 1 aliphatic rings. The zero-order chi connectivity index (χ0) is 10.9. The number of halogens is 1. The molecule has 4 heteroatoms. The highest BCUT2D eigenvalue weighted by molar-refractivity contribution is 5.79. The van der Waals surface area contributed by atoms with Gasteiger partial charge in [-0.2, -0.15) is 0 Å². The van der Waals surface area contributed by atoms with Gasteiger partial charge in [-0.1, -0.05) is 0 Å². The van der Waals surface area contributed by atoms with Gasteiger partial charge in [-0.05, 0) is 13.8 Å². The Morgan fingerprint density at radius 2 is 2.00 bits per heavy atom. The van der Waals surface area contributed by atoms with Crippen molar-refractivity contribution in [3.05, 3.63) is 0 Å². The van der Waals surface area contributed by atoms with Crippen LogP contribution in [0, 0.1) is 5.92 Å². The van der Waals surface area contributed by atoms with Crippen LogP contribution in [0.3, 0.4) is 0 Å². The molecular weight excluding hydrogens is 183 g/mol. The van der Waals surface area contributed by atoms with E-state index >= 15 is 0 Å². The van der Waals surface area contributed by atoms with E-state index in [9.17, 15) is 9.18 Å². The Hall–Kier alpha value is -0.640. The molecule has 82 valence electrons. The Bertz CT molecular complexity index is 218. The van der Waals surface area contributed by atoms with E-state index in [4.69, 9.17) is 0 Å². The third-order valence-corrected chi connectivity index (χ3v) is 2.76. The van der Waals surface area contributed by atoms with Crippen molar-refractivity contribution >= 4 is 5.91 Å². The van der Waals surface area contributed by atoms with Crippen LogP contribution in [0.15, 0.2) is 0 Å². The van der Waals surface area contributed by atoms with E-state index in [-0.39, 0.29) is 5.91 Å². The Kier molecular flexibility index (Phi) is 3.48. The molecule has 1 amide bonds. The predicted octanol–water partition coefficient (Wildman–Crippen LogP) is 0.753. The molecule has 2 atom stereocenters. The second-order valence-corrected chi connectivity index (χ2v) is 4.40. The molecule has 1 rings (SSSR count). The van der Waals surface area contributed by atoms with Crippen molar-refractivity contribution in [2.24, 2.45) is 5.92 Å². The minimum Gasteiger partial charge on any atom is -0.348 e. The second kappa shape index (κ2) is 4.26. The lowest BCUT2D eigenvalue weighted by molar-refractivity contribution is -0.133. The molecule has 1 saturated heterocycles. The molecule has 14 heavy (non-hydrogen) atoms. The third kappa shape index (κ3) is 2.23. The molecule has 3 nitrogen and oxygen atoms in total. The molecule has 0 aromatic carbocycles. The predicted molar refractivity (Wildman–Crippen MR) is 53.8 cm³/mol. The van der Waals surface area contributed by atoms with Crippen molar-refractivity contribution in [3.8, 4) is 0 Å². The van der Waals surface area contributed by atoms with Crippen molar-refractivity contribution < 1.29 is 9.18 Å². The fourth-order valence-electron chi connectivity index (χ4n) is 1.78. The number of alkyl halides is 1. The number of amides is 1. The first kappa shape index (κ1) is 11.4. The van der Waals surface area contributed by atoms with Crippen molar-refractivity contribution in [1.29, 1.82) is 0 Å². The van der Waals surface area contributed by atoms with E-state index in [0.29, 0.717) is 19.1 Å². The van der Waals surface area contributed by atoms with E-state index in [1.807, 2.05) is 18.7 Å². The summed E-state index contributed by atoms with van der Waals surface area (Å²) in [5.41, 5.74) is 0. The molecule has 0 saturated carbocycles. The maximum absolute atomic E-state index is 13.5. The van der Waals surface area contributed by atoms with Crippen molar-refractivity contribution in [3.63, 3.8) is 0 Å². The van der Waals surface area contributed by atoms with Gasteiger partial charge in [0.05, 0.1) is 5.92 Å². The van der Waals surface area contributed by atoms with Crippen molar-refractivity contribution in [2.45, 2.75) is 26.1 Å². The summed E-state index contributed by atoms with van der Waals surface area (Å²) in [5, 5.41) is 0. The summed E-state index contributed by atoms with van der Waals surface area (Å²) < 4.78 is 13.5. The standard InChI is InChI=1S/C10H19FN2O/c1-7(2)13-5-8(9(11)6-13)10(14)12(3)4/h7-9H,5-6H2,1-4H3. The topological polar surface area (TPSA) is 23.6 Å². The van der Waals surface area contributed by atoms with Crippen LogP contribution in [0.25, 0.3) is 0 Å². The first-order valence-electron chi connectivity index (χ1n) is 5.02. The first-order valence-corrected chi connectivity index (χ1v) is 5.02. The minimum atomic E-state index is -1.01. The van der Waals surface area contributed by atoms with E-state index in [2.05, 4.69) is 0 Å². The summed E-state index contributed by atoms with van der Waals surface area (Å²) in [6.07, 6.45) is -1.01. The SMILES string of the molecule is CC(C)N1CC(F)C(C(=O)N(C)C)C1. The van der Waals surface area contributed by atoms with Crippen LogP contribution in [-0.2, 0) is 4.79 Å². The maximum atomic E-state index is 13.5. The molecule has 0 bridgehead atoms. The van der Waals surface area contributed by atoms with Crippen LogP contribution >= 0.6 is 0 Å². The largest absolute Gasteiger partial charge is 0.348 e.